The van der Waals surface area contributed by atoms with Crippen molar-refractivity contribution < 1.29 is 4.79 Å². The first-order valence-electron chi connectivity index (χ1n) is 7.14. The zero-order valence-corrected chi connectivity index (χ0v) is 11.6. The Morgan fingerprint density at radius 2 is 2.37 bits per heavy atom. The van der Waals surface area contributed by atoms with Crippen LogP contribution in [0, 0.1) is 11.8 Å². The van der Waals surface area contributed by atoms with Gasteiger partial charge in [0.2, 0.25) is 0 Å². The second-order valence-corrected chi connectivity index (χ2v) is 5.65. The normalized spacial score (nSPS) is 23.0. The Morgan fingerprint density at radius 3 is 3.11 bits per heavy atom. The molecule has 19 heavy (non-hydrogen) atoms. The number of rotatable bonds is 4. The molecule has 1 aliphatic rings. The van der Waals surface area contributed by atoms with Crippen molar-refractivity contribution in [3.8, 4) is 0 Å². The summed E-state index contributed by atoms with van der Waals surface area (Å²) in [6, 6.07) is 1.65. The van der Waals surface area contributed by atoms with Gasteiger partial charge in [0.25, 0.3) is 5.91 Å². The second-order valence-electron chi connectivity index (χ2n) is 5.65. The first-order chi connectivity index (χ1) is 9.16. The molecule has 1 aromatic rings. The van der Waals surface area contributed by atoms with Gasteiger partial charge in [-0.15, -0.1) is 0 Å². The molecule has 1 aliphatic carbocycles. The van der Waals surface area contributed by atoms with E-state index in [9.17, 15) is 4.79 Å². The van der Waals surface area contributed by atoms with Crippen LogP contribution in [0.25, 0.3) is 0 Å². The monoisotopic (exact) mass is 261 g/mol. The van der Waals surface area contributed by atoms with E-state index in [1.807, 2.05) is 0 Å². The standard InChI is InChI=1S/C15H23N3O/c1-11-3-2-4-12(9-11)5-8-18-15(19)13-10-17-7-6-14(13)16/h6-7,10-12H,2-5,8-9H2,1H3,(H2,16,17)(H,18,19). The third kappa shape index (κ3) is 3.94. The first kappa shape index (κ1) is 13.8. The summed E-state index contributed by atoms with van der Waals surface area (Å²) in [6.07, 6.45) is 9.46. The van der Waals surface area contributed by atoms with Crippen molar-refractivity contribution in [3.05, 3.63) is 24.0 Å². The molecule has 0 spiro atoms. The van der Waals surface area contributed by atoms with Crippen LogP contribution in [0.5, 0.6) is 0 Å². The molecule has 1 aromatic heterocycles. The van der Waals surface area contributed by atoms with Crippen LogP contribution in [0.4, 0.5) is 5.69 Å². The predicted octanol–water partition coefficient (Wildman–Crippen LogP) is 2.61. The number of anilines is 1. The number of nitrogens with zero attached hydrogens (tertiary/aromatic N) is 1. The number of amides is 1. The fraction of sp³-hybridized carbons (Fsp3) is 0.600. The molecule has 0 aromatic carbocycles. The van der Waals surface area contributed by atoms with Gasteiger partial charge < -0.3 is 11.1 Å². The van der Waals surface area contributed by atoms with Crippen LogP contribution in [0.1, 0.15) is 49.4 Å². The number of nitrogens with two attached hydrogens (primary N) is 1. The second kappa shape index (κ2) is 6.55. The van der Waals surface area contributed by atoms with Gasteiger partial charge in [0.05, 0.1) is 5.56 Å². The minimum absolute atomic E-state index is 0.116. The lowest BCUT2D eigenvalue weighted by atomic mass is 9.81. The molecule has 2 unspecified atom stereocenters. The summed E-state index contributed by atoms with van der Waals surface area (Å²) in [7, 11) is 0. The Hall–Kier alpha value is -1.58. The average molecular weight is 261 g/mol. The molecule has 0 saturated heterocycles. The van der Waals surface area contributed by atoms with Crippen molar-refractivity contribution in [1.82, 2.24) is 10.3 Å². The van der Waals surface area contributed by atoms with Gasteiger partial charge in [-0.3, -0.25) is 9.78 Å². The van der Waals surface area contributed by atoms with Crippen LogP contribution >= 0.6 is 0 Å². The summed E-state index contributed by atoms with van der Waals surface area (Å²) >= 11 is 0. The van der Waals surface area contributed by atoms with Crippen molar-refractivity contribution in [2.24, 2.45) is 11.8 Å². The Morgan fingerprint density at radius 1 is 1.53 bits per heavy atom. The molecule has 2 atom stereocenters. The summed E-state index contributed by atoms with van der Waals surface area (Å²) in [5.74, 6) is 1.48. The fourth-order valence-corrected chi connectivity index (χ4v) is 2.90. The van der Waals surface area contributed by atoms with E-state index in [0.717, 1.165) is 24.8 Å². The highest BCUT2D eigenvalue weighted by Crippen LogP contribution is 2.30. The lowest BCUT2D eigenvalue weighted by molar-refractivity contribution is 0.0950. The molecule has 4 nitrogen and oxygen atoms in total. The largest absolute Gasteiger partial charge is 0.398 e. The van der Waals surface area contributed by atoms with E-state index >= 15 is 0 Å². The predicted molar refractivity (Wildman–Crippen MR) is 76.7 cm³/mol. The van der Waals surface area contributed by atoms with Crippen LogP contribution in [-0.4, -0.2) is 17.4 Å². The Bertz CT molecular complexity index is 433. The lowest BCUT2D eigenvalue weighted by Crippen LogP contribution is -2.27. The smallest absolute Gasteiger partial charge is 0.254 e. The zero-order chi connectivity index (χ0) is 13.7. The number of hydrogen-bond donors (Lipinski definition) is 2. The molecular weight excluding hydrogens is 238 g/mol. The highest BCUT2D eigenvalue weighted by molar-refractivity contribution is 5.98. The highest BCUT2D eigenvalue weighted by Gasteiger charge is 2.18. The van der Waals surface area contributed by atoms with Gasteiger partial charge >= 0.3 is 0 Å². The van der Waals surface area contributed by atoms with Gasteiger partial charge in [0.15, 0.2) is 0 Å². The maximum atomic E-state index is 11.9. The number of carbonyl (C=O) groups is 1. The molecule has 4 heteroatoms. The molecule has 1 heterocycles. The third-order valence-corrected chi connectivity index (χ3v) is 3.98. The molecule has 0 aliphatic heterocycles. The number of nitrogens with one attached hydrogen (secondary N) is 1. The van der Waals surface area contributed by atoms with Crippen LogP contribution in [0.2, 0.25) is 0 Å². The maximum absolute atomic E-state index is 11.9. The number of hydrogen-bond acceptors (Lipinski definition) is 3. The first-order valence-corrected chi connectivity index (χ1v) is 7.14. The van der Waals surface area contributed by atoms with E-state index < -0.39 is 0 Å². The average Bonchev–Trinajstić information content (AvgIpc) is 2.39. The minimum Gasteiger partial charge on any atom is -0.398 e. The van der Waals surface area contributed by atoms with Gasteiger partial charge in [0.1, 0.15) is 0 Å². The van der Waals surface area contributed by atoms with Gasteiger partial charge in [0, 0.05) is 24.6 Å². The van der Waals surface area contributed by atoms with Gasteiger partial charge in [-0.25, -0.2) is 0 Å². The van der Waals surface area contributed by atoms with Crippen LogP contribution in [0.15, 0.2) is 18.5 Å². The van der Waals surface area contributed by atoms with Gasteiger partial charge in [-0.1, -0.05) is 26.2 Å². The number of pyridine rings is 1. The van der Waals surface area contributed by atoms with Crippen molar-refractivity contribution in [2.45, 2.75) is 39.0 Å². The quantitative estimate of drug-likeness (QED) is 0.875. The maximum Gasteiger partial charge on any atom is 0.254 e. The third-order valence-electron chi connectivity index (χ3n) is 3.98. The summed E-state index contributed by atoms with van der Waals surface area (Å²) in [5.41, 5.74) is 6.71. The zero-order valence-electron chi connectivity index (χ0n) is 11.6. The van der Waals surface area contributed by atoms with E-state index in [-0.39, 0.29) is 5.91 Å². The fourth-order valence-electron chi connectivity index (χ4n) is 2.90. The SMILES string of the molecule is CC1CCCC(CCNC(=O)c2cnccc2N)C1. The van der Waals surface area contributed by atoms with E-state index in [0.29, 0.717) is 11.3 Å². The number of nitrogen functional groups attached to an aromatic ring is 1. The van der Waals surface area contributed by atoms with Crippen LogP contribution in [-0.2, 0) is 0 Å². The molecule has 1 amide bonds. The van der Waals surface area contributed by atoms with E-state index in [1.165, 1.54) is 31.9 Å². The molecule has 0 bridgehead atoms. The molecule has 0 radical (unpaired) electrons. The van der Waals surface area contributed by atoms with Crippen molar-refractivity contribution in [2.75, 3.05) is 12.3 Å². The van der Waals surface area contributed by atoms with Gasteiger partial charge in [-0.2, -0.15) is 0 Å². The van der Waals surface area contributed by atoms with E-state index in [2.05, 4.69) is 17.2 Å². The molecule has 1 fully saturated rings. The molecule has 104 valence electrons. The van der Waals surface area contributed by atoms with Crippen molar-refractivity contribution >= 4 is 11.6 Å². The molecule has 1 saturated carbocycles. The summed E-state index contributed by atoms with van der Waals surface area (Å²) < 4.78 is 0. The minimum atomic E-state index is -0.116. The highest BCUT2D eigenvalue weighted by atomic mass is 16.1. The van der Waals surface area contributed by atoms with E-state index in [1.54, 1.807) is 12.3 Å². The summed E-state index contributed by atoms with van der Waals surface area (Å²) in [4.78, 5) is 15.9. The summed E-state index contributed by atoms with van der Waals surface area (Å²) in [6.45, 7) is 3.05. The van der Waals surface area contributed by atoms with Crippen molar-refractivity contribution in [3.63, 3.8) is 0 Å². The van der Waals surface area contributed by atoms with Crippen LogP contribution < -0.4 is 11.1 Å². The van der Waals surface area contributed by atoms with Gasteiger partial charge in [-0.05, 0) is 30.7 Å². The molecular formula is C15H23N3O. The van der Waals surface area contributed by atoms with E-state index in [4.69, 9.17) is 5.73 Å². The van der Waals surface area contributed by atoms with Crippen molar-refractivity contribution in [1.29, 1.82) is 0 Å². The Kier molecular flexibility index (Phi) is 4.77. The number of aromatic nitrogens is 1. The topological polar surface area (TPSA) is 68.0 Å². The Balaban J connectivity index is 1.76. The Labute approximate surface area is 114 Å². The van der Waals surface area contributed by atoms with Crippen LogP contribution in [0.3, 0.4) is 0 Å². The molecule has 2 rings (SSSR count). The lowest BCUT2D eigenvalue weighted by Gasteiger charge is -2.26. The molecule has 3 N–H and O–H groups in total. The number of carbonyl (C=O) groups excluding carboxylic acids is 1. The summed E-state index contributed by atoms with van der Waals surface area (Å²) in [5, 5.41) is 2.94.